The Morgan fingerprint density at radius 3 is 2.40 bits per heavy atom. The van der Waals surface area contributed by atoms with E-state index < -0.39 is 6.10 Å². The molecule has 1 atom stereocenters. The molecule has 20 heavy (non-hydrogen) atoms. The maximum absolute atomic E-state index is 9.89. The summed E-state index contributed by atoms with van der Waals surface area (Å²) in [7, 11) is 0. The van der Waals surface area contributed by atoms with E-state index in [4.69, 9.17) is 4.74 Å². The normalized spacial score (nSPS) is 11.9. The van der Waals surface area contributed by atoms with Crippen molar-refractivity contribution < 1.29 is 9.84 Å². The van der Waals surface area contributed by atoms with Crippen LogP contribution in [0.15, 0.2) is 54.6 Å². The Balaban J connectivity index is 1.73. The number of hydrogen-bond acceptors (Lipinski definition) is 3. The average molecular weight is 271 g/mol. The van der Waals surface area contributed by atoms with E-state index in [0.29, 0.717) is 6.54 Å². The minimum atomic E-state index is -0.541. The molecule has 1 unspecified atom stereocenters. The van der Waals surface area contributed by atoms with E-state index in [1.165, 1.54) is 5.56 Å². The molecule has 0 heterocycles. The summed E-state index contributed by atoms with van der Waals surface area (Å²) in [6.45, 7) is 2.87. The van der Waals surface area contributed by atoms with E-state index in [-0.39, 0.29) is 6.61 Å². The monoisotopic (exact) mass is 271 g/mol. The maximum atomic E-state index is 9.89. The Hall–Kier alpha value is -2.00. The number of rotatable bonds is 7. The first kappa shape index (κ1) is 14.4. The minimum absolute atomic E-state index is 0.283. The van der Waals surface area contributed by atoms with Crippen LogP contribution < -0.4 is 10.1 Å². The molecule has 2 aromatic carbocycles. The number of aliphatic hydroxyl groups excluding tert-OH is 1. The number of aliphatic hydroxyl groups is 1. The highest BCUT2D eigenvalue weighted by atomic mass is 16.5. The zero-order chi connectivity index (χ0) is 14.2. The molecule has 0 bridgehead atoms. The predicted octanol–water partition coefficient (Wildman–Crippen LogP) is 3.10. The van der Waals surface area contributed by atoms with Crippen molar-refractivity contribution in [2.24, 2.45) is 0 Å². The predicted molar refractivity (Wildman–Crippen MR) is 82.3 cm³/mol. The van der Waals surface area contributed by atoms with Gasteiger partial charge in [0.25, 0.3) is 0 Å². The van der Waals surface area contributed by atoms with Gasteiger partial charge in [0.15, 0.2) is 0 Å². The molecule has 0 spiro atoms. The highest BCUT2D eigenvalue weighted by Crippen LogP contribution is 2.13. The molecule has 0 fully saturated rings. The summed E-state index contributed by atoms with van der Waals surface area (Å²) in [5.74, 6) is 0.793. The van der Waals surface area contributed by atoms with Gasteiger partial charge in [-0.3, -0.25) is 0 Å². The van der Waals surface area contributed by atoms with Crippen molar-refractivity contribution in [2.45, 2.75) is 19.4 Å². The Kier molecular flexibility index (Phi) is 5.44. The fourth-order valence-electron chi connectivity index (χ4n) is 1.86. The zero-order valence-electron chi connectivity index (χ0n) is 11.8. The van der Waals surface area contributed by atoms with Gasteiger partial charge < -0.3 is 15.2 Å². The fraction of sp³-hybridized carbons (Fsp3) is 0.294. The van der Waals surface area contributed by atoms with Crippen molar-refractivity contribution in [1.29, 1.82) is 0 Å². The largest absolute Gasteiger partial charge is 0.491 e. The van der Waals surface area contributed by atoms with Crippen molar-refractivity contribution in [3.05, 3.63) is 60.2 Å². The van der Waals surface area contributed by atoms with Crippen molar-refractivity contribution in [1.82, 2.24) is 0 Å². The van der Waals surface area contributed by atoms with Crippen LogP contribution in [0, 0.1) is 0 Å². The standard InChI is InChI=1S/C17H21NO2/c1-2-14-8-10-17(11-9-14)20-13-16(19)12-18-15-6-4-3-5-7-15/h3-11,16,18-19H,2,12-13H2,1H3. The molecule has 0 saturated carbocycles. The first-order valence-corrected chi connectivity index (χ1v) is 6.96. The van der Waals surface area contributed by atoms with Gasteiger partial charge in [0.1, 0.15) is 18.5 Å². The summed E-state index contributed by atoms with van der Waals surface area (Å²) in [4.78, 5) is 0. The lowest BCUT2D eigenvalue weighted by molar-refractivity contribution is 0.117. The van der Waals surface area contributed by atoms with Crippen molar-refractivity contribution in [3.63, 3.8) is 0 Å². The van der Waals surface area contributed by atoms with Gasteiger partial charge in [0.2, 0.25) is 0 Å². The number of aryl methyl sites for hydroxylation is 1. The van der Waals surface area contributed by atoms with E-state index in [1.807, 2.05) is 54.6 Å². The van der Waals surface area contributed by atoms with Crippen LogP contribution in [0.2, 0.25) is 0 Å². The molecule has 3 nitrogen and oxygen atoms in total. The quantitative estimate of drug-likeness (QED) is 0.813. The van der Waals surface area contributed by atoms with E-state index >= 15 is 0 Å². The van der Waals surface area contributed by atoms with Crippen LogP contribution in [0.4, 0.5) is 5.69 Å². The second-order valence-electron chi connectivity index (χ2n) is 4.71. The van der Waals surface area contributed by atoms with Gasteiger partial charge in [-0.05, 0) is 36.2 Å². The molecule has 0 aliphatic rings. The smallest absolute Gasteiger partial charge is 0.119 e. The lowest BCUT2D eigenvalue weighted by Gasteiger charge is -2.14. The SMILES string of the molecule is CCc1ccc(OCC(O)CNc2ccccc2)cc1. The minimum Gasteiger partial charge on any atom is -0.491 e. The Bertz CT molecular complexity index is 496. The lowest BCUT2D eigenvalue weighted by Crippen LogP contribution is -2.26. The van der Waals surface area contributed by atoms with Gasteiger partial charge in [-0.1, -0.05) is 37.3 Å². The molecule has 2 aromatic rings. The topological polar surface area (TPSA) is 41.5 Å². The van der Waals surface area contributed by atoms with Crippen molar-refractivity contribution in [2.75, 3.05) is 18.5 Å². The third-order valence-electron chi connectivity index (χ3n) is 3.09. The van der Waals surface area contributed by atoms with Gasteiger partial charge in [-0.2, -0.15) is 0 Å². The summed E-state index contributed by atoms with van der Waals surface area (Å²) >= 11 is 0. The van der Waals surface area contributed by atoms with Gasteiger partial charge >= 0.3 is 0 Å². The third-order valence-corrected chi connectivity index (χ3v) is 3.09. The highest BCUT2D eigenvalue weighted by Gasteiger charge is 2.05. The van der Waals surface area contributed by atoms with Crippen LogP contribution in [0.3, 0.4) is 0 Å². The first-order valence-electron chi connectivity index (χ1n) is 6.96. The second kappa shape index (κ2) is 7.56. The molecule has 106 valence electrons. The molecular formula is C17H21NO2. The van der Waals surface area contributed by atoms with Crippen LogP contribution in [0.5, 0.6) is 5.75 Å². The number of anilines is 1. The molecule has 0 amide bonds. The molecule has 0 saturated heterocycles. The Morgan fingerprint density at radius 1 is 1.05 bits per heavy atom. The molecule has 0 aliphatic heterocycles. The second-order valence-corrected chi connectivity index (χ2v) is 4.71. The van der Waals surface area contributed by atoms with Crippen molar-refractivity contribution >= 4 is 5.69 Å². The van der Waals surface area contributed by atoms with E-state index in [1.54, 1.807) is 0 Å². The first-order chi connectivity index (χ1) is 9.78. The van der Waals surface area contributed by atoms with E-state index in [9.17, 15) is 5.11 Å². The molecular weight excluding hydrogens is 250 g/mol. The molecule has 0 aliphatic carbocycles. The molecule has 0 aromatic heterocycles. The van der Waals surface area contributed by atoms with E-state index in [0.717, 1.165) is 17.9 Å². The van der Waals surface area contributed by atoms with Crippen molar-refractivity contribution in [3.8, 4) is 5.75 Å². The lowest BCUT2D eigenvalue weighted by atomic mass is 10.2. The molecule has 2 rings (SSSR count). The van der Waals surface area contributed by atoms with Gasteiger partial charge in [0, 0.05) is 12.2 Å². The summed E-state index contributed by atoms with van der Waals surface area (Å²) < 4.78 is 5.57. The van der Waals surface area contributed by atoms with Gasteiger partial charge in [0.05, 0.1) is 0 Å². The maximum Gasteiger partial charge on any atom is 0.119 e. The number of benzene rings is 2. The number of para-hydroxylation sites is 1. The number of ether oxygens (including phenoxy) is 1. The summed E-state index contributed by atoms with van der Waals surface area (Å²) in [5.41, 5.74) is 2.28. The summed E-state index contributed by atoms with van der Waals surface area (Å²) in [5, 5.41) is 13.1. The van der Waals surface area contributed by atoms with Crippen LogP contribution >= 0.6 is 0 Å². The summed E-state index contributed by atoms with van der Waals surface area (Å²) in [6.07, 6.45) is 0.477. The zero-order valence-corrected chi connectivity index (χ0v) is 11.8. The van der Waals surface area contributed by atoms with Crippen LogP contribution in [0.25, 0.3) is 0 Å². The number of nitrogens with one attached hydrogen (secondary N) is 1. The van der Waals surface area contributed by atoms with Gasteiger partial charge in [-0.25, -0.2) is 0 Å². The molecule has 0 radical (unpaired) electrons. The van der Waals surface area contributed by atoms with Crippen LogP contribution in [-0.4, -0.2) is 24.4 Å². The Morgan fingerprint density at radius 2 is 1.75 bits per heavy atom. The molecule has 2 N–H and O–H groups in total. The Labute approximate surface area is 120 Å². The van der Waals surface area contributed by atoms with Crippen LogP contribution in [-0.2, 0) is 6.42 Å². The fourth-order valence-corrected chi connectivity index (χ4v) is 1.86. The highest BCUT2D eigenvalue weighted by molar-refractivity contribution is 5.42. The summed E-state index contributed by atoms with van der Waals surface area (Å²) in [6, 6.07) is 17.8. The van der Waals surface area contributed by atoms with Gasteiger partial charge in [-0.15, -0.1) is 0 Å². The van der Waals surface area contributed by atoms with Crippen LogP contribution in [0.1, 0.15) is 12.5 Å². The number of hydrogen-bond donors (Lipinski definition) is 2. The average Bonchev–Trinajstić information content (AvgIpc) is 2.52. The molecule has 3 heteroatoms. The van der Waals surface area contributed by atoms with E-state index in [2.05, 4.69) is 12.2 Å². The third kappa shape index (κ3) is 4.59.